The molecule has 1 unspecified atom stereocenters. The van der Waals surface area contributed by atoms with Gasteiger partial charge in [0, 0.05) is 5.92 Å². The van der Waals surface area contributed by atoms with Crippen molar-refractivity contribution in [3.8, 4) is 22.3 Å². The molecule has 0 heterocycles. The Hall–Kier alpha value is -3.74. The van der Waals surface area contributed by atoms with Crippen molar-refractivity contribution in [2.75, 3.05) is 26.4 Å². The SMILES string of the molecule is C=C(CO)C(=O)OCC(COC(=O)C(C)(C)CO)C1CCC(c2ccc(-c3ccc(-c4ccc(CCCCC)cc4)c(CC)c3)cc2)CC1. The zero-order valence-electron chi connectivity index (χ0n) is 30.0. The van der Waals surface area contributed by atoms with Gasteiger partial charge in [0.05, 0.1) is 37.4 Å². The van der Waals surface area contributed by atoms with Gasteiger partial charge in [-0.3, -0.25) is 4.79 Å². The number of ether oxygens (including phenoxy) is 2. The minimum absolute atomic E-state index is 0.00559. The second kappa shape index (κ2) is 18.3. The lowest BCUT2D eigenvalue weighted by Gasteiger charge is -2.34. The highest BCUT2D eigenvalue weighted by Crippen LogP contribution is 2.40. The maximum Gasteiger partial charge on any atom is 0.335 e. The van der Waals surface area contributed by atoms with Crippen LogP contribution in [0.4, 0.5) is 0 Å². The Morgan fingerprint density at radius 1 is 0.837 bits per heavy atom. The number of aryl methyl sites for hydroxylation is 2. The van der Waals surface area contributed by atoms with Gasteiger partial charge >= 0.3 is 11.9 Å². The van der Waals surface area contributed by atoms with E-state index in [1.54, 1.807) is 13.8 Å². The van der Waals surface area contributed by atoms with Crippen LogP contribution in [0.5, 0.6) is 0 Å². The molecule has 264 valence electrons. The van der Waals surface area contributed by atoms with Crippen LogP contribution in [0, 0.1) is 17.3 Å². The van der Waals surface area contributed by atoms with Crippen molar-refractivity contribution in [3.63, 3.8) is 0 Å². The summed E-state index contributed by atoms with van der Waals surface area (Å²) in [5, 5.41) is 18.8. The molecule has 3 aromatic rings. The third-order valence-corrected chi connectivity index (χ3v) is 10.3. The minimum atomic E-state index is -1.00. The van der Waals surface area contributed by atoms with Gasteiger partial charge < -0.3 is 19.7 Å². The fraction of sp³-hybridized carbons (Fsp3) is 0.488. The van der Waals surface area contributed by atoms with Crippen LogP contribution in [-0.2, 0) is 31.9 Å². The average Bonchev–Trinajstić information content (AvgIpc) is 3.14. The van der Waals surface area contributed by atoms with Gasteiger partial charge in [0.25, 0.3) is 0 Å². The highest BCUT2D eigenvalue weighted by atomic mass is 16.5. The second-order valence-electron chi connectivity index (χ2n) is 14.4. The third-order valence-electron chi connectivity index (χ3n) is 10.3. The van der Waals surface area contributed by atoms with Crippen LogP contribution in [0.1, 0.15) is 95.2 Å². The summed E-state index contributed by atoms with van der Waals surface area (Å²) >= 11 is 0. The highest BCUT2D eigenvalue weighted by molar-refractivity contribution is 5.87. The summed E-state index contributed by atoms with van der Waals surface area (Å²) in [6.07, 6.45) is 9.69. The summed E-state index contributed by atoms with van der Waals surface area (Å²) in [6.45, 7) is 10.7. The number of benzene rings is 3. The number of esters is 2. The lowest BCUT2D eigenvalue weighted by atomic mass is 9.74. The Labute approximate surface area is 293 Å². The maximum atomic E-state index is 12.6. The topological polar surface area (TPSA) is 93.1 Å². The first-order valence-corrected chi connectivity index (χ1v) is 18.2. The van der Waals surface area contributed by atoms with Crippen molar-refractivity contribution >= 4 is 11.9 Å². The predicted molar refractivity (Wildman–Crippen MR) is 197 cm³/mol. The average molecular weight is 669 g/mol. The zero-order chi connectivity index (χ0) is 35.4. The Balaban J connectivity index is 1.39. The maximum absolute atomic E-state index is 12.6. The van der Waals surface area contributed by atoms with E-state index in [2.05, 4.69) is 87.2 Å². The van der Waals surface area contributed by atoms with E-state index in [1.807, 2.05) is 0 Å². The molecule has 4 rings (SSSR count). The molecule has 1 aliphatic carbocycles. The number of carbonyl (C=O) groups excluding carboxylic acids is 2. The molecule has 0 amide bonds. The Morgan fingerprint density at radius 3 is 2.08 bits per heavy atom. The first-order valence-electron chi connectivity index (χ1n) is 18.2. The number of aliphatic hydroxyl groups excluding tert-OH is 2. The van der Waals surface area contributed by atoms with E-state index < -0.39 is 24.0 Å². The molecule has 1 atom stereocenters. The first kappa shape index (κ1) is 38.1. The largest absolute Gasteiger partial charge is 0.465 e. The number of hydrogen-bond donors (Lipinski definition) is 2. The number of carbonyl (C=O) groups is 2. The Morgan fingerprint density at radius 2 is 1.47 bits per heavy atom. The normalized spacial score (nSPS) is 16.9. The van der Waals surface area contributed by atoms with Gasteiger partial charge in [0.2, 0.25) is 0 Å². The predicted octanol–water partition coefficient (Wildman–Crippen LogP) is 8.86. The molecular weight excluding hydrogens is 612 g/mol. The van der Waals surface area contributed by atoms with Crippen LogP contribution in [0.25, 0.3) is 22.3 Å². The molecule has 6 heteroatoms. The van der Waals surface area contributed by atoms with Gasteiger partial charge in [-0.2, -0.15) is 0 Å². The molecule has 3 aromatic carbocycles. The molecule has 0 bridgehead atoms. The molecule has 1 fully saturated rings. The fourth-order valence-electron chi connectivity index (χ4n) is 6.76. The standard InChI is InChI=1S/C43H56O6/c1-6-8-9-10-31-11-13-37(14-12-31)40-24-23-38(25-32(40)7-2)35-19-15-33(16-20-35)34-17-21-36(22-18-34)39(27-48-41(46)30(3)26-44)28-49-42(47)43(4,5)29-45/h11-16,19-20,23-25,34,36,39,44-45H,3,6-10,17-18,21-22,26-29H2,1-2,4-5H3. The highest BCUT2D eigenvalue weighted by Gasteiger charge is 2.33. The van der Waals surface area contributed by atoms with Crippen LogP contribution >= 0.6 is 0 Å². The number of unbranched alkanes of at least 4 members (excludes halogenated alkanes) is 2. The molecule has 0 aromatic heterocycles. The monoisotopic (exact) mass is 668 g/mol. The van der Waals surface area contributed by atoms with E-state index in [4.69, 9.17) is 9.47 Å². The molecular formula is C43H56O6. The summed E-state index contributed by atoms with van der Waals surface area (Å²) in [7, 11) is 0. The van der Waals surface area contributed by atoms with Crippen molar-refractivity contribution in [1.82, 2.24) is 0 Å². The summed E-state index contributed by atoms with van der Waals surface area (Å²) in [6, 6.07) is 24.9. The summed E-state index contributed by atoms with van der Waals surface area (Å²) in [4.78, 5) is 24.8. The van der Waals surface area contributed by atoms with Gasteiger partial charge in [0.1, 0.15) is 0 Å². The molecule has 1 saturated carbocycles. The third kappa shape index (κ3) is 10.4. The number of hydrogen-bond acceptors (Lipinski definition) is 6. The van der Waals surface area contributed by atoms with Crippen LogP contribution in [-0.4, -0.2) is 48.6 Å². The van der Waals surface area contributed by atoms with Crippen molar-refractivity contribution in [2.24, 2.45) is 17.3 Å². The lowest BCUT2D eigenvalue weighted by Crippen LogP contribution is -2.35. The molecule has 0 spiro atoms. The van der Waals surface area contributed by atoms with E-state index in [0.717, 1.165) is 38.5 Å². The molecule has 0 saturated heterocycles. The first-order chi connectivity index (χ1) is 23.6. The van der Waals surface area contributed by atoms with E-state index in [-0.39, 0.29) is 37.2 Å². The smallest absolute Gasteiger partial charge is 0.335 e. The second-order valence-corrected chi connectivity index (χ2v) is 14.4. The molecule has 0 aliphatic heterocycles. The van der Waals surface area contributed by atoms with Crippen LogP contribution in [0.2, 0.25) is 0 Å². The summed E-state index contributed by atoms with van der Waals surface area (Å²) in [5.41, 5.74) is 8.10. The lowest BCUT2D eigenvalue weighted by molar-refractivity contribution is -0.159. The quantitative estimate of drug-likeness (QED) is 0.0848. The molecule has 0 radical (unpaired) electrons. The van der Waals surface area contributed by atoms with Crippen LogP contribution in [0.15, 0.2) is 78.9 Å². The minimum Gasteiger partial charge on any atom is -0.465 e. The van der Waals surface area contributed by atoms with E-state index in [1.165, 1.54) is 58.2 Å². The van der Waals surface area contributed by atoms with Crippen molar-refractivity contribution in [3.05, 3.63) is 95.6 Å². The van der Waals surface area contributed by atoms with Crippen LogP contribution in [0.3, 0.4) is 0 Å². The van der Waals surface area contributed by atoms with Gasteiger partial charge in [-0.1, -0.05) is 100.0 Å². The van der Waals surface area contributed by atoms with Gasteiger partial charge in [-0.25, -0.2) is 4.79 Å². The van der Waals surface area contributed by atoms with Gasteiger partial charge in [0.15, 0.2) is 0 Å². The van der Waals surface area contributed by atoms with E-state index >= 15 is 0 Å². The molecule has 1 aliphatic rings. The fourth-order valence-corrected chi connectivity index (χ4v) is 6.76. The number of aliphatic hydroxyl groups is 2. The number of rotatable bonds is 17. The summed E-state index contributed by atoms with van der Waals surface area (Å²) < 4.78 is 11.1. The summed E-state index contributed by atoms with van der Waals surface area (Å²) in [5.74, 6) is -0.670. The zero-order valence-corrected chi connectivity index (χ0v) is 30.0. The Kier molecular flexibility index (Phi) is 14.2. The van der Waals surface area contributed by atoms with Gasteiger partial charge in [-0.05, 0) is 110 Å². The van der Waals surface area contributed by atoms with Crippen LogP contribution < -0.4 is 0 Å². The Bertz CT molecular complexity index is 1510. The molecule has 2 N–H and O–H groups in total. The van der Waals surface area contributed by atoms with E-state index in [0.29, 0.717) is 5.92 Å². The molecule has 6 nitrogen and oxygen atoms in total. The van der Waals surface area contributed by atoms with Crippen molar-refractivity contribution in [2.45, 2.75) is 91.4 Å². The van der Waals surface area contributed by atoms with Crippen molar-refractivity contribution in [1.29, 1.82) is 0 Å². The molecule has 49 heavy (non-hydrogen) atoms. The van der Waals surface area contributed by atoms with E-state index in [9.17, 15) is 19.8 Å². The van der Waals surface area contributed by atoms with Gasteiger partial charge in [-0.15, -0.1) is 0 Å². The van der Waals surface area contributed by atoms with Crippen molar-refractivity contribution < 1.29 is 29.3 Å².